The van der Waals surface area contributed by atoms with Gasteiger partial charge in [0.25, 0.3) is 0 Å². The summed E-state index contributed by atoms with van der Waals surface area (Å²) in [5.41, 5.74) is 1.16. The van der Waals surface area contributed by atoms with Crippen LogP contribution < -0.4 is 5.32 Å². The van der Waals surface area contributed by atoms with Crippen molar-refractivity contribution in [2.45, 2.75) is 12.3 Å². The van der Waals surface area contributed by atoms with E-state index in [0.29, 0.717) is 11.3 Å². The Morgan fingerprint density at radius 1 is 1.13 bits per heavy atom. The minimum atomic E-state index is -0.955. The fourth-order valence-electron chi connectivity index (χ4n) is 1.18. The van der Waals surface area contributed by atoms with Crippen molar-refractivity contribution in [2.24, 2.45) is 0 Å². The molecule has 3 heteroatoms. The second-order valence-electron chi connectivity index (χ2n) is 3.02. The molecule has 15 heavy (non-hydrogen) atoms. The minimum Gasteiger partial charge on any atom is -0.384 e. The number of hydrogen-bond donors (Lipinski definition) is 2. The molecular weight excluding hydrogens is 190 g/mol. The van der Waals surface area contributed by atoms with Gasteiger partial charge in [-0.2, -0.15) is 0 Å². The second-order valence-corrected chi connectivity index (χ2v) is 3.02. The number of benzene rings is 1. The van der Waals surface area contributed by atoms with Gasteiger partial charge in [0.15, 0.2) is 6.23 Å². The van der Waals surface area contributed by atoms with Crippen LogP contribution in [0.3, 0.4) is 0 Å². The first-order chi connectivity index (χ1) is 7.19. The molecular formula is C12H14NO2. The number of rotatable bonds is 5. The van der Waals surface area contributed by atoms with Gasteiger partial charge < -0.3 is 10.2 Å². The summed E-state index contributed by atoms with van der Waals surface area (Å²) in [5.74, 6) is 0. The van der Waals surface area contributed by atoms with Crippen molar-refractivity contribution in [1.82, 2.24) is 5.32 Å². The van der Waals surface area contributed by atoms with Gasteiger partial charge in [-0.05, 0) is 12.1 Å². The van der Waals surface area contributed by atoms with Crippen LogP contribution in [0.2, 0.25) is 0 Å². The molecule has 0 spiro atoms. The van der Waals surface area contributed by atoms with Crippen molar-refractivity contribution in [3.05, 3.63) is 55.1 Å². The molecule has 1 aromatic carbocycles. The van der Waals surface area contributed by atoms with Gasteiger partial charge in [0.1, 0.15) is 0 Å². The zero-order valence-corrected chi connectivity index (χ0v) is 8.37. The Morgan fingerprint density at radius 2 is 1.80 bits per heavy atom. The fraction of sp³-hybridized carbons (Fsp3) is 0.167. The third kappa shape index (κ3) is 2.94. The summed E-state index contributed by atoms with van der Waals surface area (Å²) in [6.45, 7) is 6.93. The van der Waals surface area contributed by atoms with Crippen molar-refractivity contribution in [3.63, 3.8) is 0 Å². The molecule has 1 radical (unpaired) electrons. The third-order valence-electron chi connectivity index (χ3n) is 1.96. The molecule has 1 rings (SSSR count). The molecule has 0 aliphatic carbocycles. The van der Waals surface area contributed by atoms with E-state index in [9.17, 15) is 10.2 Å². The van der Waals surface area contributed by atoms with Crippen LogP contribution in [-0.2, 0) is 0 Å². The third-order valence-corrected chi connectivity index (χ3v) is 1.96. The standard InChI is InChI=1S/C12H14NO2/c1-3-11(14)9-7-5-6-8-10(9)13-12(15)4-2/h3-8,11-12,14-15H,1-2H2. The molecule has 1 aromatic rings. The zero-order chi connectivity index (χ0) is 11.3. The lowest BCUT2D eigenvalue weighted by Crippen LogP contribution is -2.15. The van der Waals surface area contributed by atoms with Gasteiger partial charge in [-0.15, -0.1) is 6.58 Å². The van der Waals surface area contributed by atoms with Gasteiger partial charge in [0.05, 0.1) is 11.8 Å². The molecule has 2 atom stereocenters. The van der Waals surface area contributed by atoms with E-state index in [1.54, 1.807) is 24.3 Å². The molecule has 0 aliphatic rings. The van der Waals surface area contributed by atoms with Crippen LogP contribution in [0.15, 0.2) is 49.6 Å². The largest absolute Gasteiger partial charge is 0.384 e. The highest BCUT2D eigenvalue weighted by molar-refractivity contribution is 5.47. The Kier molecular flexibility index (Phi) is 4.09. The van der Waals surface area contributed by atoms with E-state index in [0.717, 1.165) is 0 Å². The van der Waals surface area contributed by atoms with E-state index in [1.165, 1.54) is 12.2 Å². The van der Waals surface area contributed by atoms with Crippen molar-refractivity contribution in [1.29, 1.82) is 0 Å². The predicted octanol–water partition coefficient (Wildman–Crippen LogP) is 1.65. The number of para-hydroxylation sites is 1. The van der Waals surface area contributed by atoms with Gasteiger partial charge in [-0.1, -0.05) is 30.9 Å². The van der Waals surface area contributed by atoms with E-state index in [4.69, 9.17) is 0 Å². The molecule has 0 saturated carbocycles. The number of aliphatic hydroxyl groups excluding tert-OH is 2. The van der Waals surface area contributed by atoms with E-state index in [1.807, 2.05) is 0 Å². The number of aliphatic hydroxyl groups is 2. The first-order valence-corrected chi connectivity index (χ1v) is 4.60. The first kappa shape index (κ1) is 11.5. The SMILES string of the molecule is C=CC(O)[N]c1ccccc1C(O)C=C. The van der Waals surface area contributed by atoms with Crippen LogP contribution in [0.25, 0.3) is 0 Å². The van der Waals surface area contributed by atoms with Crippen LogP contribution in [0.1, 0.15) is 11.7 Å². The molecule has 0 amide bonds. The average Bonchev–Trinajstić information content (AvgIpc) is 2.28. The minimum absolute atomic E-state index is 0.539. The molecule has 2 N–H and O–H groups in total. The Balaban J connectivity index is 2.95. The summed E-state index contributed by atoms with van der Waals surface area (Å²) in [6, 6.07) is 7.03. The Morgan fingerprint density at radius 3 is 2.40 bits per heavy atom. The molecule has 2 unspecified atom stereocenters. The predicted molar refractivity (Wildman–Crippen MR) is 59.6 cm³/mol. The van der Waals surface area contributed by atoms with Crippen LogP contribution in [0.5, 0.6) is 0 Å². The number of hydrogen-bond acceptors (Lipinski definition) is 2. The maximum absolute atomic E-state index is 9.61. The van der Waals surface area contributed by atoms with Gasteiger partial charge in [0, 0.05) is 5.56 Å². The first-order valence-electron chi connectivity index (χ1n) is 4.60. The lowest BCUT2D eigenvalue weighted by molar-refractivity contribution is 0.197. The summed E-state index contributed by atoms with van der Waals surface area (Å²) in [5, 5.41) is 22.9. The topological polar surface area (TPSA) is 54.6 Å². The summed E-state index contributed by atoms with van der Waals surface area (Å²) in [7, 11) is 0. The molecule has 0 aliphatic heterocycles. The molecule has 0 heterocycles. The molecule has 0 saturated heterocycles. The molecule has 79 valence electrons. The van der Waals surface area contributed by atoms with Crippen molar-refractivity contribution in [2.75, 3.05) is 0 Å². The lowest BCUT2D eigenvalue weighted by Gasteiger charge is -2.13. The summed E-state index contributed by atoms with van der Waals surface area (Å²) in [6.07, 6.45) is 0.997. The van der Waals surface area contributed by atoms with Gasteiger partial charge in [0.2, 0.25) is 0 Å². The maximum atomic E-state index is 9.61. The second kappa shape index (κ2) is 5.34. The van der Waals surface area contributed by atoms with Gasteiger partial charge in [-0.25, -0.2) is 0 Å². The lowest BCUT2D eigenvalue weighted by atomic mass is 10.1. The van der Waals surface area contributed by atoms with E-state index >= 15 is 0 Å². The smallest absolute Gasteiger partial charge is 0.164 e. The number of nitrogens with zero attached hydrogens (tertiary/aromatic N) is 1. The zero-order valence-electron chi connectivity index (χ0n) is 8.37. The van der Waals surface area contributed by atoms with Crippen molar-refractivity contribution < 1.29 is 10.2 Å². The Labute approximate surface area is 89.4 Å². The van der Waals surface area contributed by atoms with Crippen LogP contribution in [-0.4, -0.2) is 16.4 Å². The summed E-state index contributed by atoms with van der Waals surface area (Å²) < 4.78 is 0. The quantitative estimate of drug-likeness (QED) is 0.716. The van der Waals surface area contributed by atoms with Crippen LogP contribution in [0.4, 0.5) is 5.69 Å². The highest BCUT2D eigenvalue weighted by Gasteiger charge is 2.11. The van der Waals surface area contributed by atoms with Gasteiger partial charge >= 0.3 is 0 Å². The maximum Gasteiger partial charge on any atom is 0.164 e. The Hall–Kier alpha value is -1.58. The van der Waals surface area contributed by atoms with Crippen LogP contribution >= 0.6 is 0 Å². The molecule has 3 nitrogen and oxygen atoms in total. The average molecular weight is 204 g/mol. The molecule has 0 bridgehead atoms. The van der Waals surface area contributed by atoms with E-state index < -0.39 is 12.3 Å². The van der Waals surface area contributed by atoms with Gasteiger partial charge in [-0.3, -0.25) is 5.32 Å². The fourth-order valence-corrected chi connectivity index (χ4v) is 1.18. The monoisotopic (exact) mass is 204 g/mol. The van der Waals surface area contributed by atoms with E-state index in [2.05, 4.69) is 18.5 Å². The highest BCUT2D eigenvalue weighted by Crippen LogP contribution is 2.23. The highest BCUT2D eigenvalue weighted by atomic mass is 16.3. The summed E-state index contributed by atoms with van der Waals surface area (Å²) in [4.78, 5) is 0. The summed E-state index contributed by atoms with van der Waals surface area (Å²) >= 11 is 0. The van der Waals surface area contributed by atoms with Crippen molar-refractivity contribution >= 4 is 5.69 Å². The normalized spacial score (nSPS) is 14.0. The van der Waals surface area contributed by atoms with E-state index in [-0.39, 0.29) is 0 Å². The van der Waals surface area contributed by atoms with Crippen molar-refractivity contribution in [3.8, 4) is 0 Å². The Bertz CT molecular complexity index is 349. The van der Waals surface area contributed by atoms with Crippen LogP contribution in [0, 0.1) is 0 Å². The molecule has 0 fully saturated rings. The molecule has 0 aromatic heterocycles.